The summed E-state index contributed by atoms with van der Waals surface area (Å²) >= 11 is 0. The van der Waals surface area contributed by atoms with Crippen LogP contribution in [0.15, 0.2) is 55.0 Å². The smallest absolute Gasteiger partial charge is 0.251 e. The van der Waals surface area contributed by atoms with E-state index in [2.05, 4.69) is 15.4 Å². The summed E-state index contributed by atoms with van der Waals surface area (Å²) < 4.78 is 7.15. The zero-order valence-corrected chi connectivity index (χ0v) is 18.8. The molecule has 0 saturated heterocycles. The maximum atomic E-state index is 12.3. The van der Waals surface area contributed by atoms with Crippen molar-refractivity contribution >= 4 is 28.3 Å². The van der Waals surface area contributed by atoms with Gasteiger partial charge in [-0.15, -0.1) is 0 Å². The van der Waals surface area contributed by atoms with Gasteiger partial charge in [0.2, 0.25) is 0 Å². The van der Waals surface area contributed by atoms with E-state index in [-0.39, 0.29) is 12.5 Å². The molecule has 2 aromatic carbocycles. The zero-order valence-electron chi connectivity index (χ0n) is 18.8. The van der Waals surface area contributed by atoms with Crippen LogP contribution in [0.1, 0.15) is 16.8 Å². The monoisotopic (exact) mass is 446 g/mol. The van der Waals surface area contributed by atoms with Gasteiger partial charge in [-0.2, -0.15) is 5.10 Å². The second-order valence-electron chi connectivity index (χ2n) is 7.56. The van der Waals surface area contributed by atoms with Crippen LogP contribution >= 0.6 is 0 Å². The number of fused-ring (bicyclic) bond motifs is 1. The minimum Gasteiger partial charge on any atom is -0.497 e. The van der Waals surface area contributed by atoms with Gasteiger partial charge in [-0.05, 0) is 36.8 Å². The van der Waals surface area contributed by atoms with Crippen LogP contribution in [0.2, 0.25) is 0 Å². The number of anilines is 2. The number of aliphatic hydroxyl groups excluding tert-OH is 1. The molecule has 2 N–H and O–H groups in total. The predicted octanol–water partition coefficient (Wildman–Crippen LogP) is 2.92. The SMILES string of the molecule is CNC(=O)c1cc(OC)cc(N(CCCO)c2ccc3ncc(-c4cnn(C)c4)nc3c2)c1. The molecule has 9 nitrogen and oxygen atoms in total. The number of amides is 1. The van der Waals surface area contributed by atoms with E-state index >= 15 is 0 Å². The molecule has 0 fully saturated rings. The molecular formula is C24H26N6O3. The van der Waals surface area contributed by atoms with Gasteiger partial charge in [0, 0.05) is 62.0 Å². The lowest BCUT2D eigenvalue weighted by atomic mass is 10.1. The average molecular weight is 447 g/mol. The van der Waals surface area contributed by atoms with Crippen molar-refractivity contribution in [3.8, 4) is 17.0 Å². The summed E-state index contributed by atoms with van der Waals surface area (Å²) in [5.74, 6) is 0.363. The fourth-order valence-electron chi connectivity index (χ4n) is 3.63. The normalized spacial score (nSPS) is 10.9. The molecule has 170 valence electrons. The highest BCUT2D eigenvalue weighted by Crippen LogP contribution is 2.32. The lowest BCUT2D eigenvalue weighted by Gasteiger charge is -2.26. The van der Waals surface area contributed by atoms with E-state index in [1.807, 2.05) is 42.4 Å². The third kappa shape index (κ3) is 4.78. The Morgan fingerprint density at radius 2 is 2.00 bits per heavy atom. The molecule has 0 aliphatic rings. The first-order valence-electron chi connectivity index (χ1n) is 10.6. The molecule has 4 aromatic rings. The number of rotatable bonds is 8. The molecule has 2 aromatic heterocycles. The number of nitrogens with one attached hydrogen (secondary N) is 1. The summed E-state index contributed by atoms with van der Waals surface area (Å²) in [6.07, 6.45) is 5.93. The second kappa shape index (κ2) is 9.66. The van der Waals surface area contributed by atoms with Crippen molar-refractivity contribution < 1.29 is 14.6 Å². The number of benzene rings is 2. The van der Waals surface area contributed by atoms with Gasteiger partial charge in [0.25, 0.3) is 5.91 Å². The Bertz CT molecular complexity index is 1290. The molecule has 0 spiro atoms. The second-order valence-corrected chi connectivity index (χ2v) is 7.56. The highest BCUT2D eigenvalue weighted by molar-refractivity contribution is 5.96. The lowest BCUT2D eigenvalue weighted by Crippen LogP contribution is -2.22. The molecule has 0 aliphatic heterocycles. The molecule has 1 amide bonds. The van der Waals surface area contributed by atoms with Gasteiger partial charge in [-0.1, -0.05) is 0 Å². The standard InChI is InChI=1S/C24H26N6O3/c1-25-24(32)16-9-19(11-20(10-16)33-3)30(7-4-8-31)18-5-6-21-22(12-18)28-23(14-26-21)17-13-27-29(2)15-17/h5-6,9-15,31H,4,7-8H2,1-3H3,(H,25,32). The number of hydrogen-bond donors (Lipinski definition) is 2. The number of nitrogens with zero attached hydrogens (tertiary/aromatic N) is 5. The Kier molecular flexibility index (Phi) is 6.50. The number of aliphatic hydroxyl groups is 1. The molecule has 0 aliphatic carbocycles. The van der Waals surface area contributed by atoms with E-state index in [0.717, 1.165) is 33.7 Å². The van der Waals surface area contributed by atoms with Crippen LogP contribution in [0.25, 0.3) is 22.3 Å². The first kappa shape index (κ1) is 22.2. The van der Waals surface area contributed by atoms with Gasteiger partial charge in [0.15, 0.2) is 0 Å². The minimum atomic E-state index is -0.206. The van der Waals surface area contributed by atoms with Crippen molar-refractivity contribution in [1.82, 2.24) is 25.1 Å². The minimum absolute atomic E-state index is 0.0430. The fourth-order valence-corrected chi connectivity index (χ4v) is 3.63. The van der Waals surface area contributed by atoms with Crippen LogP contribution in [0.4, 0.5) is 11.4 Å². The fraction of sp³-hybridized carbons (Fsp3) is 0.250. The summed E-state index contributed by atoms with van der Waals surface area (Å²) in [4.78, 5) is 23.7. The zero-order chi connectivity index (χ0) is 23.4. The largest absolute Gasteiger partial charge is 0.497 e. The van der Waals surface area contributed by atoms with Crippen LogP contribution in [-0.4, -0.2) is 58.1 Å². The third-order valence-corrected chi connectivity index (χ3v) is 5.31. The molecule has 0 unspecified atom stereocenters. The number of aromatic nitrogens is 4. The number of carbonyl (C=O) groups excluding carboxylic acids is 1. The molecular weight excluding hydrogens is 420 g/mol. The molecule has 0 bridgehead atoms. The van der Waals surface area contributed by atoms with E-state index in [0.29, 0.717) is 24.3 Å². The Hall–Kier alpha value is -3.98. The van der Waals surface area contributed by atoms with Crippen molar-refractivity contribution in [2.75, 3.05) is 32.2 Å². The molecule has 0 saturated carbocycles. The summed E-state index contributed by atoms with van der Waals surface area (Å²) in [7, 11) is 5.01. The highest BCUT2D eigenvalue weighted by Gasteiger charge is 2.16. The molecule has 0 atom stereocenters. The van der Waals surface area contributed by atoms with E-state index in [4.69, 9.17) is 9.72 Å². The number of carbonyl (C=O) groups is 1. The van der Waals surface area contributed by atoms with Crippen LogP contribution in [0.5, 0.6) is 5.75 Å². The summed E-state index contributed by atoms with van der Waals surface area (Å²) in [6, 6.07) is 11.2. The van der Waals surface area contributed by atoms with Crippen molar-refractivity contribution in [3.05, 3.63) is 60.6 Å². The Morgan fingerprint density at radius 3 is 2.70 bits per heavy atom. The Labute approximate surface area is 191 Å². The molecule has 0 radical (unpaired) electrons. The highest BCUT2D eigenvalue weighted by atomic mass is 16.5. The third-order valence-electron chi connectivity index (χ3n) is 5.31. The molecule has 33 heavy (non-hydrogen) atoms. The number of hydrogen-bond acceptors (Lipinski definition) is 7. The number of ether oxygens (including phenoxy) is 1. The summed E-state index contributed by atoms with van der Waals surface area (Å²) in [5.41, 5.74) is 5.25. The van der Waals surface area contributed by atoms with Crippen molar-refractivity contribution in [2.45, 2.75) is 6.42 Å². The van der Waals surface area contributed by atoms with Crippen LogP contribution in [0, 0.1) is 0 Å². The maximum Gasteiger partial charge on any atom is 0.251 e. The topological polar surface area (TPSA) is 105 Å². The quantitative estimate of drug-likeness (QED) is 0.429. The van der Waals surface area contributed by atoms with Gasteiger partial charge in [-0.25, -0.2) is 4.98 Å². The average Bonchev–Trinajstić information content (AvgIpc) is 3.29. The first-order chi connectivity index (χ1) is 16.0. The molecule has 2 heterocycles. The Morgan fingerprint density at radius 1 is 1.15 bits per heavy atom. The lowest BCUT2D eigenvalue weighted by molar-refractivity contribution is 0.0962. The van der Waals surface area contributed by atoms with Crippen molar-refractivity contribution in [2.24, 2.45) is 7.05 Å². The number of methoxy groups -OCH3 is 1. The van der Waals surface area contributed by atoms with Gasteiger partial charge in [0.05, 0.1) is 36.2 Å². The Balaban J connectivity index is 1.79. The predicted molar refractivity (Wildman–Crippen MR) is 127 cm³/mol. The molecule has 4 rings (SSSR count). The van der Waals surface area contributed by atoms with Crippen molar-refractivity contribution in [1.29, 1.82) is 0 Å². The van der Waals surface area contributed by atoms with E-state index in [1.165, 1.54) is 0 Å². The first-order valence-corrected chi connectivity index (χ1v) is 10.6. The van der Waals surface area contributed by atoms with Crippen LogP contribution < -0.4 is 15.0 Å². The van der Waals surface area contributed by atoms with Gasteiger partial charge in [-0.3, -0.25) is 14.5 Å². The van der Waals surface area contributed by atoms with Crippen LogP contribution in [-0.2, 0) is 7.05 Å². The van der Waals surface area contributed by atoms with Gasteiger partial charge < -0.3 is 20.1 Å². The number of aryl methyl sites for hydroxylation is 1. The van der Waals surface area contributed by atoms with Gasteiger partial charge in [0.1, 0.15) is 5.75 Å². The van der Waals surface area contributed by atoms with Crippen LogP contribution in [0.3, 0.4) is 0 Å². The van der Waals surface area contributed by atoms with Crippen molar-refractivity contribution in [3.63, 3.8) is 0 Å². The molecule has 9 heteroatoms. The van der Waals surface area contributed by atoms with Gasteiger partial charge >= 0.3 is 0 Å². The van der Waals surface area contributed by atoms with E-state index < -0.39 is 0 Å². The summed E-state index contributed by atoms with van der Waals surface area (Å²) in [5, 5.41) is 16.3. The maximum absolute atomic E-state index is 12.3. The van der Waals surface area contributed by atoms with E-state index in [9.17, 15) is 9.90 Å². The summed E-state index contributed by atoms with van der Waals surface area (Å²) in [6.45, 7) is 0.583. The van der Waals surface area contributed by atoms with E-state index in [1.54, 1.807) is 43.4 Å².